The highest BCUT2D eigenvalue weighted by Crippen LogP contribution is 2.34. The van der Waals surface area contributed by atoms with Gasteiger partial charge in [-0.2, -0.15) is 0 Å². The molecule has 0 saturated carbocycles. The van der Waals surface area contributed by atoms with Crippen LogP contribution in [-0.4, -0.2) is 42.9 Å². The lowest BCUT2D eigenvalue weighted by Gasteiger charge is -2.29. The molecule has 2 unspecified atom stereocenters. The Kier molecular flexibility index (Phi) is 3.52. The second kappa shape index (κ2) is 5.29. The summed E-state index contributed by atoms with van der Waals surface area (Å²) in [7, 11) is 0. The standard InChI is InChI=1S/C15H21NO2/c17-11-12-5-7-16(9-12)10-13-6-8-18-15-4-2-1-3-14(13)15/h1-4,12-13,17H,5-11H2. The number of fused-ring (bicyclic) bond motifs is 1. The second-order valence-corrected chi connectivity index (χ2v) is 5.47. The van der Waals surface area contributed by atoms with Crippen molar-refractivity contribution in [1.29, 1.82) is 0 Å². The molecule has 1 aromatic carbocycles. The summed E-state index contributed by atoms with van der Waals surface area (Å²) in [6.07, 6.45) is 2.25. The van der Waals surface area contributed by atoms with Crippen molar-refractivity contribution in [3.05, 3.63) is 29.8 Å². The number of benzene rings is 1. The van der Waals surface area contributed by atoms with Crippen LogP contribution in [0.15, 0.2) is 24.3 Å². The van der Waals surface area contributed by atoms with E-state index in [0.29, 0.717) is 18.4 Å². The quantitative estimate of drug-likeness (QED) is 0.885. The third-order valence-electron chi connectivity index (χ3n) is 4.19. The second-order valence-electron chi connectivity index (χ2n) is 5.47. The summed E-state index contributed by atoms with van der Waals surface area (Å²) in [5, 5.41) is 9.20. The van der Waals surface area contributed by atoms with Gasteiger partial charge in [-0.1, -0.05) is 18.2 Å². The SMILES string of the molecule is OCC1CCN(CC2CCOc3ccccc32)C1. The van der Waals surface area contributed by atoms with Crippen molar-refractivity contribution in [2.75, 3.05) is 32.8 Å². The molecule has 1 fully saturated rings. The fraction of sp³-hybridized carbons (Fsp3) is 0.600. The van der Waals surface area contributed by atoms with Gasteiger partial charge in [-0.25, -0.2) is 0 Å². The smallest absolute Gasteiger partial charge is 0.122 e. The van der Waals surface area contributed by atoms with Gasteiger partial charge in [-0.3, -0.25) is 0 Å². The number of likely N-dealkylation sites (tertiary alicyclic amines) is 1. The van der Waals surface area contributed by atoms with Crippen molar-refractivity contribution in [3.8, 4) is 5.75 Å². The Bertz CT molecular complexity index is 407. The van der Waals surface area contributed by atoms with Gasteiger partial charge in [0.15, 0.2) is 0 Å². The van der Waals surface area contributed by atoms with Gasteiger partial charge >= 0.3 is 0 Å². The largest absolute Gasteiger partial charge is 0.493 e. The van der Waals surface area contributed by atoms with E-state index in [4.69, 9.17) is 4.74 Å². The average Bonchev–Trinajstić information content (AvgIpc) is 2.87. The minimum atomic E-state index is 0.334. The minimum Gasteiger partial charge on any atom is -0.493 e. The molecular formula is C15H21NO2. The lowest BCUT2D eigenvalue weighted by molar-refractivity contribution is 0.206. The van der Waals surface area contributed by atoms with E-state index >= 15 is 0 Å². The number of nitrogens with zero attached hydrogens (tertiary/aromatic N) is 1. The molecule has 3 heteroatoms. The topological polar surface area (TPSA) is 32.7 Å². The number of rotatable bonds is 3. The van der Waals surface area contributed by atoms with Crippen molar-refractivity contribution < 1.29 is 9.84 Å². The molecule has 2 aliphatic rings. The molecule has 0 aliphatic carbocycles. The summed E-state index contributed by atoms with van der Waals surface area (Å²) in [4.78, 5) is 2.49. The Morgan fingerprint density at radius 3 is 3.00 bits per heavy atom. The maximum Gasteiger partial charge on any atom is 0.122 e. The molecule has 0 amide bonds. The summed E-state index contributed by atoms with van der Waals surface area (Å²) in [5.41, 5.74) is 1.36. The Hall–Kier alpha value is -1.06. The molecule has 18 heavy (non-hydrogen) atoms. The highest BCUT2D eigenvalue weighted by atomic mass is 16.5. The van der Waals surface area contributed by atoms with E-state index in [1.807, 2.05) is 6.07 Å². The fourth-order valence-corrected chi connectivity index (χ4v) is 3.14. The third kappa shape index (κ3) is 2.38. The van der Waals surface area contributed by atoms with E-state index in [9.17, 15) is 5.11 Å². The number of aliphatic hydroxyl groups excluding tert-OH is 1. The summed E-state index contributed by atoms with van der Waals surface area (Å²) >= 11 is 0. The van der Waals surface area contributed by atoms with Crippen LogP contribution >= 0.6 is 0 Å². The Balaban J connectivity index is 1.67. The monoisotopic (exact) mass is 247 g/mol. The lowest BCUT2D eigenvalue weighted by Crippen LogP contribution is -2.29. The van der Waals surface area contributed by atoms with Gasteiger partial charge in [-0.05, 0) is 36.9 Å². The van der Waals surface area contributed by atoms with Crippen molar-refractivity contribution in [1.82, 2.24) is 4.90 Å². The summed E-state index contributed by atoms with van der Waals surface area (Å²) in [5.74, 6) is 2.14. The third-order valence-corrected chi connectivity index (χ3v) is 4.19. The van der Waals surface area contributed by atoms with Crippen LogP contribution in [0.2, 0.25) is 0 Å². The van der Waals surface area contributed by atoms with E-state index in [1.54, 1.807) is 0 Å². The van der Waals surface area contributed by atoms with Crippen LogP contribution in [0.5, 0.6) is 5.75 Å². The highest BCUT2D eigenvalue weighted by molar-refractivity contribution is 5.37. The molecule has 2 atom stereocenters. The van der Waals surface area contributed by atoms with Gasteiger partial charge in [0.25, 0.3) is 0 Å². The van der Waals surface area contributed by atoms with E-state index in [2.05, 4.69) is 23.1 Å². The average molecular weight is 247 g/mol. The van der Waals surface area contributed by atoms with Gasteiger partial charge in [0, 0.05) is 25.6 Å². The van der Waals surface area contributed by atoms with Gasteiger partial charge in [0.1, 0.15) is 5.75 Å². The number of para-hydroxylation sites is 1. The molecule has 1 N–H and O–H groups in total. The molecule has 2 heterocycles. The zero-order valence-corrected chi connectivity index (χ0v) is 10.7. The fourth-order valence-electron chi connectivity index (χ4n) is 3.14. The van der Waals surface area contributed by atoms with Gasteiger partial charge in [0.05, 0.1) is 6.61 Å². The number of hydrogen-bond acceptors (Lipinski definition) is 3. The van der Waals surface area contributed by atoms with Crippen molar-refractivity contribution >= 4 is 0 Å². The molecular weight excluding hydrogens is 226 g/mol. The molecule has 0 aromatic heterocycles. The molecule has 98 valence electrons. The maximum atomic E-state index is 9.20. The van der Waals surface area contributed by atoms with Gasteiger partial charge < -0.3 is 14.7 Å². The van der Waals surface area contributed by atoms with Gasteiger partial charge in [0.2, 0.25) is 0 Å². The molecule has 3 rings (SSSR count). The predicted molar refractivity (Wildman–Crippen MR) is 70.9 cm³/mol. The van der Waals surface area contributed by atoms with Crippen LogP contribution < -0.4 is 4.74 Å². The van der Waals surface area contributed by atoms with Crippen molar-refractivity contribution in [2.45, 2.75) is 18.8 Å². The van der Waals surface area contributed by atoms with Crippen LogP contribution in [0, 0.1) is 5.92 Å². The van der Waals surface area contributed by atoms with E-state index in [-0.39, 0.29) is 0 Å². The summed E-state index contributed by atoms with van der Waals surface area (Å²) in [6, 6.07) is 8.40. The minimum absolute atomic E-state index is 0.334. The number of aliphatic hydroxyl groups is 1. The molecule has 0 bridgehead atoms. The molecule has 2 aliphatic heterocycles. The lowest BCUT2D eigenvalue weighted by atomic mass is 9.93. The zero-order chi connectivity index (χ0) is 12.4. The molecule has 1 aromatic rings. The predicted octanol–water partition coefficient (Wildman–Crippen LogP) is 1.87. The first kappa shape index (κ1) is 12.0. The first-order chi connectivity index (χ1) is 8.86. The molecule has 1 saturated heterocycles. The Morgan fingerprint density at radius 2 is 2.17 bits per heavy atom. The first-order valence-corrected chi connectivity index (χ1v) is 6.91. The molecule has 0 spiro atoms. The van der Waals surface area contributed by atoms with Crippen LogP contribution in [0.25, 0.3) is 0 Å². The van der Waals surface area contributed by atoms with Crippen molar-refractivity contribution in [3.63, 3.8) is 0 Å². The Morgan fingerprint density at radius 1 is 1.28 bits per heavy atom. The van der Waals surface area contributed by atoms with E-state index < -0.39 is 0 Å². The normalized spacial score (nSPS) is 27.8. The number of hydrogen-bond donors (Lipinski definition) is 1. The van der Waals surface area contributed by atoms with Crippen LogP contribution in [0.4, 0.5) is 0 Å². The molecule has 3 nitrogen and oxygen atoms in total. The maximum absolute atomic E-state index is 9.20. The molecule has 0 radical (unpaired) electrons. The number of ether oxygens (including phenoxy) is 1. The van der Waals surface area contributed by atoms with Crippen LogP contribution in [0.1, 0.15) is 24.3 Å². The van der Waals surface area contributed by atoms with Crippen molar-refractivity contribution in [2.24, 2.45) is 5.92 Å². The highest BCUT2D eigenvalue weighted by Gasteiger charge is 2.27. The van der Waals surface area contributed by atoms with E-state index in [1.165, 1.54) is 5.56 Å². The zero-order valence-electron chi connectivity index (χ0n) is 10.7. The first-order valence-electron chi connectivity index (χ1n) is 6.91. The summed E-state index contributed by atoms with van der Waals surface area (Å²) < 4.78 is 5.70. The summed E-state index contributed by atoms with van der Waals surface area (Å²) in [6.45, 7) is 4.46. The van der Waals surface area contributed by atoms with E-state index in [0.717, 1.165) is 44.8 Å². The Labute approximate surface area is 108 Å². The van der Waals surface area contributed by atoms with Crippen LogP contribution in [-0.2, 0) is 0 Å². The van der Waals surface area contributed by atoms with Gasteiger partial charge in [-0.15, -0.1) is 0 Å². The van der Waals surface area contributed by atoms with Crippen LogP contribution in [0.3, 0.4) is 0 Å².